The van der Waals surface area contributed by atoms with Crippen LogP contribution >= 0.6 is 0 Å². The summed E-state index contributed by atoms with van der Waals surface area (Å²) in [4.78, 5) is 1.85. The first-order chi connectivity index (χ1) is 26.9. The predicted molar refractivity (Wildman–Crippen MR) is 200 cm³/mol. The average molecular weight is 851 g/mol. The zero-order valence-corrected chi connectivity index (χ0v) is 32.6. The van der Waals surface area contributed by atoms with Crippen molar-refractivity contribution < 1.29 is 43.2 Å². The van der Waals surface area contributed by atoms with Gasteiger partial charge >= 0.3 is 12.4 Å². The van der Waals surface area contributed by atoms with Crippen LogP contribution in [0.1, 0.15) is 54.2 Å². The predicted octanol–water partition coefficient (Wildman–Crippen LogP) is 5.82. The fourth-order valence-electron chi connectivity index (χ4n) is 5.47. The Kier molecular flexibility index (Phi) is 12.8. The van der Waals surface area contributed by atoms with E-state index in [9.17, 15) is 43.2 Å². The lowest BCUT2D eigenvalue weighted by atomic mass is 9.98. The van der Waals surface area contributed by atoms with Crippen LogP contribution < -0.4 is 9.86 Å². The molecule has 4 aromatic carbocycles. The summed E-state index contributed by atoms with van der Waals surface area (Å²) in [5.41, 5.74) is 2.04. The first-order valence-corrected chi connectivity index (χ1v) is 20.4. The third-order valence-electron chi connectivity index (χ3n) is 7.82. The lowest BCUT2D eigenvalue weighted by Crippen LogP contribution is -2.42. The standard InChI is InChI=1S/C20H22F3N5O2S.C16H14F3N5O2S/c1-19(2,3)26-31(29,30)13-28-25-18(24-27-28)17-7-5-4-6-15(17)12-14-8-10-16(11-9-14)20(21,22)23;17-16(18,19)13-7-5-11(6-8-13)9-12-3-1-2-4-14(12)15-21-23-24(22-15)10-27(20,25)26/h4-11,26H,12-13H2,1-3H3;1-8H,9-10H2,(H2,20,25,26). The fourth-order valence-corrected chi connectivity index (χ4v) is 7.31. The van der Waals surface area contributed by atoms with Crippen LogP contribution in [0.25, 0.3) is 22.8 Å². The molecular formula is C36H36F6N10O4S2. The van der Waals surface area contributed by atoms with Gasteiger partial charge in [-0.05, 0) is 90.6 Å². The number of aromatic nitrogens is 8. The molecule has 0 fully saturated rings. The summed E-state index contributed by atoms with van der Waals surface area (Å²) in [5, 5.41) is 28.4. The van der Waals surface area contributed by atoms with Gasteiger partial charge in [0.2, 0.25) is 31.7 Å². The fraction of sp³-hybridized carbons (Fsp3) is 0.278. The number of nitrogens with zero attached hydrogens (tertiary/aromatic N) is 8. The zero-order valence-electron chi connectivity index (χ0n) is 30.9. The second-order valence-corrected chi connectivity index (χ2v) is 17.2. The van der Waals surface area contributed by atoms with E-state index in [0.717, 1.165) is 45.0 Å². The average Bonchev–Trinajstić information content (AvgIpc) is 3.76. The van der Waals surface area contributed by atoms with Crippen LogP contribution in [0.4, 0.5) is 26.3 Å². The van der Waals surface area contributed by atoms with E-state index in [2.05, 4.69) is 35.5 Å². The van der Waals surface area contributed by atoms with Gasteiger partial charge < -0.3 is 0 Å². The first-order valence-electron chi connectivity index (χ1n) is 17.0. The molecule has 6 rings (SSSR count). The maximum atomic E-state index is 12.8. The summed E-state index contributed by atoms with van der Waals surface area (Å²) in [6, 6.07) is 24.0. The number of primary sulfonamides is 1. The molecule has 0 spiro atoms. The molecule has 0 aliphatic rings. The van der Waals surface area contributed by atoms with Crippen molar-refractivity contribution in [3.05, 3.63) is 130 Å². The minimum absolute atomic E-state index is 0.196. The normalized spacial score (nSPS) is 12.6. The number of rotatable bonds is 11. The van der Waals surface area contributed by atoms with Crippen LogP contribution in [0.15, 0.2) is 97.1 Å². The van der Waals surface area contributed by atoms with Crippen LogP contribution in [-0.2, 0) is 57.0 Å². The Balaban J connectivity index is 0.000000223. The molecule has 14 nitrogen and oxygen atoms in total. The number of halogens is 6. The van der Waals surface area contributed by atoms with Crippen molar-refractivity contribution in [3.63, 3.8) is 0 Å². The molecule has 3 N–H and O–H groups in total. The Bertz CT molecular complexity index is 2550. The molecular weight excluding hydrogens is 815 g/mol. The highest BCUT2D eigenvalue weighted by Gasteiger charge is 2.31. The van der Waals surface area contributed by atoms with E-state index in [-0.39, 0.29) is 11.6 Å². The van der Waals surface area contributed by atoms with Crippen LogP contribution in [0.2, 0.25) is 0 Å². The van der Waals surface area contributed by atoms with E-state index < -0.39 is 60.8 Å². The smallest absolute Gasteiger partial charge is 0.227 e. The number of alkyl halides is 6. The molecule has 0 bridgehead atoms. The molecule has 0 aliphatic heterocycles. The van der Waals surface area contributed by atoms with Gasteiger partial charge in [-0.1, -0.05) is 72.8 Å². The van der Waals surface area contributed by atoms with E-state index in [1.54, 1.807) is 63.2 Å². The van der Waals surface area contributed by atoms with E-state index in [4.69, 9.17) is 5.14 Å². The lowest BCUT2D eigenvalue weighted by Gasteiger charge is -2.19. The number of sulfonamides is 2. The molecule has 2 aromatic heterocycles. The molecule has 0 amide bonds. The first kappa shape index (κ1) is 43.5. The van der Waals surface area contributed by atoms with E-state index in [1.807, 2.05) is 6.07 Å². The van der Waals surface area contributed by atoms with Crippen molar-refractivity contribution in [2.45, 2.75) is 63.3 Å². The van der Waals surface area contributed by atoms with Crippen LogP contribution in [0, 0.1) is 0 Å². The minimum Gasteiger partial charge on any atom is -0.227 e. The second-order valence-electron chi connectivity index (χ2n) is 13.9. The largest absolute Gasteiger partial charge is 0.416 e. The maximum absolute atomic E-state index is 12.8. The number of nitrogens with one attached hydrogen (secondary N) is 1. The molecule has 2 heterocycles. The second kappa shape index (κ2) is 17.1. The quantitative estimate of drug-likeness (QED) is 0.150. The highest BCUT2D eigenvalue weighted by molar-refractivity contribution is 7.88. The van der Waals surface area contributed by atoms with Crippen LogP contribution in [-0.4, -0.2) is 62.8 Å². The number of hydrogen-bond donors (Lipinski definition) is 2. The highest BCUT2D eigenvalue weighted by Crippen LogP contribution is 2.31. The molecule has 58 heavy (non-hydrogen) atoms. The van der Waals surface area contributed by atoms with Gasteiger partial charge in [0.1, 0.15) is 0 Å². The number of tetrazole rings is 2. The van der Waals surface area contributed by atoms with E-state index in [1.165, 1.54) is 24.3 Å². The molecule has 0 aliphatic carbocycles. The number of nitrogens with two attached hydrogens (primary N) is 1. The molecule has 0 atom stereocenters. The van der Waals surface area contributed by atoms with Crippen molar-refractivity contribution in [2.75, 3.05) is 0 Å². The highest BCUT2D eigenvalue weighted by atomic mass is 32.2. The maximum Gasteiger partial charge on any atom is 0.416 e. The molecule has 0 saturated carbocycles. The van der Waals surface area contributed by atoms with E-state index in [0.29, 0.717) is 35.1 Å². The van der Waals surface area contributed by atoms with Gasteiger partial charge in [0.25, 0.3) is 0 Å². The molecule has 0 unspecified atom stereocenters. The summed E-state index contributed by atoms with van der Waals surface area (Å²) in [6.45, 7) is 5.17. The van der Waals surface area contributed by atoms with Gasteiger partial charge in [0, 0.05) is 16.7 Å². The minimum atomic E-state index is -4.39. The number of hydrogen-bond acceptors (Lipinski definition) is 10. The van der Waals surface area contributed by atoms with Crippen LogP contribution in [0.3, 0.4) is 0 Å². The summed E-state index contributed by atoms with van der Waals surface area (Å²) in [7, 11) is -7.49. The molecule has 6 aromatic rings. The molecule has 308 valence electrons. The van der Waals surface area contributed by atoms with Crippen molar-refractivity contribution in [1.82, 2.24) is 45.1 Å². The SMILES string of the molecule is CC(C)(C)NS(=O)(=O)Cn1nnc(-c2ccccc2Cc2ccc(C(F)(F)F)cc2)n1.NS(=O)(=O)Cn1nnc(-c2ccccc2Cc2ccc(C(F)(F)F)cc2)n1. The topological polar surface area (TPSA) is 194 Å². The van der Waals surface area contributed by atoms with Crippen molar-refractivity contribution in [2.24, 2.45) is 5.14 Å². The summed E-state index contributed by atoms with van der Waals surface area (Å²) in [5.74, 6) is -0.672. The zero-order chi connectivity index (χ0) is 42.5. The van der Waals surface area contributed by atoms with E-state index >= 15 is 0 Å². The third kappa shape index (κ3) is 12.7. The lowest BCUT2D eigenvalue weighted by molar-refractivity contribution is -0.138. The molecule has 0 radical (unpaired) electrons. The van der Waals surface area contributed by atoms with Gasteiger partial charge in [-0.2, -0.15) is 26.3 Å². The summed E-state index contributed by atoms with van der Waals surface area (Å²) < 4.78 is 126. The summed E-state index contributed by atoms with van der Waals surface area (Å²) in [6.07, 6.45) is -8.08. The monoisotopic (exact) mass is 850 g/mol. The third-order valence-corrected chi connectivity index (χ3v) is 9.90. The Morgan fingerprint density at radius 2 is 0.966 bits per heavy atom. The number of benzene rings is 4. The van der Waals surface area contributed by atoms with Gasteiger partial charge in [-0.15, -0.1) is 30.0 Å². The molecule has 0 saturated heterocycles. The van der Waals surface area contributed by atoms with Crippen molar-refractivity contribution in [1.29, 1.82) is 0 Å². The van der Waals surface area contributed by atoms with Crippen molar-refractivity contribution in [3.8, 4) is 22.8 Å². The Morgan fingerprint density at radius 1 is 0.586 bits per heavy atom. The molecule has 22 heteroatoms. The Hall–Kier alpha value is -5.58. The Morgan fingerprint density at radius 3 is 1.33 bits per heavy atom. The van der Waals surface area contributed by atoms with Crippen molar-refractivity contribution >= 4 is 20.0 Å². The van der Waals surface area contributed by atoms with Crippen LogP contribution in [0.5, 0.6) is 0 Å². The van der Waals surface area contributed by atoms with Gasteiger partial charge in [-0.25, -0.2) is 26.7 Å². The van der Waals surface area contributed by atoms with Gasteiger partial charge in [-0.3, -0.25) is 0 Å². The van der Waals surface area contributed by atoms with Gasteiger partial charge in [0.05, 0.1) is 11.1 Å². The van der Waals surface area contributed by atoms with Gasteiger partial charge in [0.15, 0.2) is 11.8 Å². The Labute approximate surface area is 329 Å². The summed E-state index contributed by atoms with van der Waals surface area (Å²) >= 11 is 0.